The first kappa shape index (κ1) is 33.2. The van der Waals surface area contributed by atoms with Crippen LogP contribution in [0.25, 0.3) is 5.57 Å². The van der Waals surface area contributed by atoms with E-state index in [0.29, 0.717) is 16.5 Å². The Morgan fingerprint density at radius 1 is 1.21 bits per heavy atom. The average molecular weight is 543 g/mol. The second-order valence-electron chi connectivity index (χ2n) is 6.79. The Labute approximate surface area is 229 Å². The van der Waals surface area contributed by atoms with Crippen molar-refractivity contribution in [3.8, 4) is 5.88 Å². The van der Waals surface area contributed by atoms with Gasteiger partial charge in [0.25, 0.3) is 0 Å². The van der Waals surface area contributed by atoms with Crippen molar-refractivity contribution in [2.75, 3.05) is 11.8 Å². The van der Waals surface area contributed by atoms with Gasteiger partial charge in [-0.15, -0.1) is 6.58 Å². The van der Waals surface area contributed by atoms with Crippen LogP contribution in [0.15, 0.2) is 96.4 Å². The van der Waals surface area contributed by atoms with Crippen LogP contribution in [0.2, 0.25) is 0 Å². The molecule has 33 heavy (non-hydrogen) atoms. The maximum atomic E-state index is 14.3. The maximum Gasteiger partial charge on any atom is 0.237 e. The first-order chi connectivity index (χ1) is 15.2. The van der Waals surface area contributed by atoms with E-state index in [1.165, 1.54) is 19.3 Å². The molecule has 3 nitrogen and oxygen atoms in total. The number of rotatable bonds is 10. The summed E-state index contributed by atoms with van der Waals surface area (Å²) in [6.45, 7) is 24.1. The number of allylic oxidation sites excluding steroid dienone is 11. The van der Waals surface area contributed by atoms with Gasteiger partial charge in [-0.25, -0.2) is 9.37 Å². The van der Waals surface area contributed by atoms with Crippen LogP contribution in [0.5, 0.6) is 5.88 Å². The van der Waals surface area contributed by atoms with E-state index in [1.807, 2.05) is 52.8 Å². The van der Waals surface area contributed by atoms with Crippen LogP contribution in [0, 0.1) is 6.08 Å². The molecule has 0 saturated carbocycles. The molecule has 0 bridgehead atoms. The first-order valence-corrected chi connectivity index (χ1v) is 10.8. The molecule has 1 rings (SSSR count). The Balaban J connectivity index is 0. The molecule has 0 aromatic carbocycles. The Morgan fingerprint density at radius 2 is 1.82 bits per heavy atom. The molecule has 0 aliphatic heterocycles. The van der Waals surface area contributed by atoms with Gasteiger partial charge in [0.15, 0.2) is 0 Å². The quantitative estimate of drug-likeness (QED) is 0.139. The summed E-state index contributed by atoms with van der Waals surface area (Å²) in [4.78, 5) is 4.74. The van der Waals surface area contributed by atoms with E-state index in [4.69, 9.17) is 4.74 Å². The summed E-state index contributed by atoms with van der Waals surface area (Å²) in [5.74, 6) is 0.0485. The third-order valence-corrected chi connectivity index (χ3v) is 4.65. The van der Waals surface area contributed by atoms with E-state index in [-0.39, 0.29) is 38.5 Å². The van der Waals surface area contributed by atoms with Crippen LogP contribution in [0.3, 0.4) is 0 Å². The maximum absolute atomic E-state index is 14.3. The van der Waals surface area contributed by atoms with Crippen LogP contribution in [-0.2, 0) is 32.7 Å². The fourth-order valence-corrected chi connectivity index (χ4v) is 2.89. The zero-order valence-corrected chi connectivity index (χ0v) is 24.2. The molecule has 0 aliphatic carbocycles. The van der Waals surface area contributed by atoms with Gasteiger partial charge in [0.1, 0.15) is 11.5 Å². The van der Waals surface area contributed by atoms with Gasteiger partial charge in [0.05, 0.1) is 12.0 Å². The standard InChI is InChI=1S/C24H28FN2OS.C3H6.Y/c1-9-18(17(6)7)13-19(10-2)20-14-22(24(28-8)26-15-20)27-29-23(11-3)21(25)12-16(4)5;1-3-2;/h10-15,27H,1,3,6H2,2,4-5,7-8H3;3H,1H2,2H3;/q-1;;/b18-13-,19-10+,23-21-;;. The summed E-state index contributed by atoms with van der Waals surface area (Å²) in [5.41, 5.74) is 4.95. The minimum Gasteiger partial charge on any atom is -0.480 e. The molecule has 1 heterocycles. The molecule has 0 unspecified atom stereocenters. The zero-order chi connectivity index (χ0) is 24.7. The summed E-state index contributed by atoms with van der Waals surface area (Å²) in [6.07, 6.45) is 13.2. The fraction of sp³-hybridized carbons (Fsp3) is 0.222. The van der Waals surface area contributed by atoms with Crippen LogP contribution in [0.4, 0.5) is 10.1 Å². The number of nitrogens with zero attached hydrogens (tertiary/aromatic N) is 1. The van der Waals surface area contributed by atoms with E-state index in [1.54, 1.807) is 12.3 Å². The van der Waals surface area contributed by atoms with Crippen molar-refractivity contribution in [2.24, 2.45) is 0 Å². The van der Waals surface area contributed by atoms with Gasteiger partial charge in [-0.3, -0.25) is 0 Å². The normalized spacial score (nSPS) is 11.5. The Kier molecular flexibility index (Phi) is 18.6. The Morgan fingerprint density at radius 3 is 2.24 bits per heavy atom. The number of anilines is 1. The molecule has 0 atom stereocenters. The molecule has 1 aromatic rings. The first-order valence-electron chi connectivity index (χ1n) is 9.97. The third-order valence-electron chi connectivity index (χ3n) is 3.75. The summed E-state index contributed by atoms with van der Waals surface area (Å²) >= 11 is 1.11. The molecule has 0 amide bonds. The summed E-state index contributed by atoms with van der Waals surface area (Å²) in [6, 6.07) is 1.89. The van der Waals surface area contributed by atoms with Gasteiger partial charge < -0.3 is 9.46 Å². The number of pyridine rings is 1. The van der Waals surface area contributed by atoms with E-state index >= 15 is 0 Å². The Bertz CT molecular complexity index is 955. The monoisotopic (exact) mass is 542 g/mol. The van der Waals surface area contributed by atoms with Gasteiger partial charge in [-0.05, 0) is 57.3 Å². The fourth-order valence-electron chi connectivity index (χ4n) is 2.28. The molecule has 1 aromatic heterocycles. The predicted octanol–water partition coefficient (Wildman–Crippen LogP) is 8.57. The molecule has 0 fully saturated rings. The number of nitrogens with one attached hydrogen (secondary N) is 1. The van der Waals surface area contributed by atoms with Crippen molar-refractivity contribution in [2.45, 2.75) is 34.6 Å². The predicted molar refractivity (Wildman–Crippen MR) is 141 cm³/mol. The molecule has 0 aliphatic rings. The van der Waals surface area contributed by atoms with Crippen molar-refractivity contribution in [1.29, 1.82) is 0 Å². The van der Waals surface area contributed by atoms with Crippen LogP contribution >= 0.6 is 11.9 Å². The van der Waals surface area contributed by atoms with Crippen molar-refractivity contribution >= 4 is 23.2 Å². The average Bonchev–Trinajstić information content (AvgIpc) is 2.74. The van der Waals surface area contributed by atoms with Gasteiger partial charge in [0.2, 0.25) is 5.88 Å². The smallest absolute Gasteiger partial charge is 0.237 e. The molecular formula is C27H34FN2OSY-. The van der Waals surface area contributed by atoms with Crippen LogP contribution in [-0.4, -0.2) is 12.1 Å². The van der Waals surface area contributed by atoms with E-state index in [2.05, 4.69) is 42.1 Å². The largest absolute Gasteiger partial charge is 0.480 e. The van der Waals surface area contributed by atoms with Gasteiger partial charge >= 0.3 is 0 Å². The van der Waals surface area contributed by atoms with Crippen LogP contribution < -0.4 is 9.46 Å². The minimum atomic E-state index is -0.356. The van der Waals surface area contributed by atoms with E-state index in [9.17, 15) is 4.39 Å². The zero-order valence-electron chi connectivity index (χ0n) is 20.6. The molecule has 175 valence electrons. The minimum absolute atomic E-state index is 0. The summed E-state index contributed by atoms with van der Waals surface area (Å²) < 4.78 is 22.8. The molecular weight excluding hydrogens is 508 g/mol. The number of halogens is 1. The SMILES string of the molecule is C=CC.C=[C-]/C(=C/C(=C\C)c1cnc(OC)c(NS/C(C=C)=C(\F)C=C(C)C)c1)C(=C)C.[Y]. The van der Waals surface area contributed by atoms with E-state index in [0.717, 1.165) is 39.8 Å². The topological polar surface area (TPSA) is 34.1 Å². The number of aromatic nitrogens is 1. The van der Waals surface area contributed by atoms with Crippen LogP contribution in [0.1, 0.15) is 40.2 Å². The van der Waals surface area contributed by atoms with E-state index < -0.39 is 0 Å². The number of hydrogen-bond acceptors (Lipinski definition) is 4. The molecule has 6 heteroatoms. The summed E-state index contributed by atoms with van der Waals surface area (Å²) in [7, 11) is 1.54. The molecule has 1 N–H and O–H groups in total. The molecule has 0 saturated heterocycles. The van der Waals surface area contributed by atoms with Crippen molar-refractivity contribution in [1.82, 2.24) is 4.98 Å². The summed E-state index contributed by atoms with van der Waals surface area (Å²) in [5, 5.41) is 0. The number of hydrogen-bond donors (Lipinski definition) is 1. The van der Waals surface area contributed by atoms with Gasteiger partial charge in [0, 0.05) is 38.9 Å². The molecule has 1 radical (unpaired) electrons. The third kappa shape index (κ3) is 12.2. The van der Waals surface area contributed by atoms with Gasteiger partial charge in [-0.1, -0.05) is 42.9 Å². The second-order valence-corrected chi connectivity index (χ2v) is 7.64. The second kappa shape index (κ2) is 18.5. The molecule has 0 spiro atoms. The van der Waals surface area contributed by atoms with Crippen molar-refractivity contribution < 1.29 is 41.8 Å². The van der Waals surface area contributed by atoms with Crippen molar-refractivity contribution in [3.63, 3.8) is 0 Å². The van der Waals surface area contributed by atoms with Crippen molar-refractivity contribution in [3.05, 3.63) is 108 Å². The number of methoxy groups -OCH3 is 1. The Hall–Kier alpha value is -1.95. The van der Waals surface area contributed by atoms with Gasteiger partial charge in [-0.2, -0.15) is 36.5 Å². The number of ether oxygens (including phenoxy) is 1.